The van der Waals surface area contributed by atoms with Gasteiger partial charge in [-0.15, -0.1) is 0 Å². The highest BCUT2D eigenvalue weighted by Gasteiger charge is 2.44. The number of ketones is 1. The van der Waals surface area contributed by atoms with Crippen molar-refractivity contribution < 1.29 is 9.59 Å². The first-order chi connectivity index (χ1) is 4.13. The molecule has 1 amide bonds. The molecule has 0 radical (unpaired) electrons. The number of amides is 1. The van der Waals surface area contributed by atoms with E-state index in [1.165, 1.54) is 6.92 Å². The van der Waals surface area contributed by atoms with Gasteiger partial charge >= 0.3 is 0 Å². The molecule has 2 atom stereocenters. The van der Waals surface area contributed by atoms with Crippen molar-refractivity contribution in [3.63, 3.8) is 0 Å². The molecule has 3 heteroatoms. The van der Waals surface area contributed by atoms with Crippen LogP contribution in [-0.4, -0.2) is 11.7 Å². The van der Waals surface area contributed by atoms with Gasteiger partial charge in [0.25, 0.3) is 0 Å². The number of Topliss-reactive ketones (excluding diaryl/α,β-unsaturated/α-hetero) is 1. The fraction of sp³-hybridized carbons (Fsp3) is 0.667. The second kappa shape index (κ2) is 1.83. The average molecular weight is 127 g/mol. The van der Waals surface area contributed by atoms with Crippen molar-refractivity contribution in [2.75, 3.05) is 0 Å². The molecule has 0 aromatic carbocycles. The number of primary amides is 1. The summed E-state index contributed by atoms with van der Waals surface area (Å²) in [5.41, 5.74) is 4.93. The van der Waals surface area contributed by atoms with Gasteiger partial charge in [0, 0.05) is 11.8 Å². The van der Waals surface area contributed by atoms with E-state index in [4.69, 9.17) is 5.73 Å². The van der Waals surface area contributed by atoms with Crippen LogP contribution in [0, 0.1) is 11.8 Å². The first kappa shape index (κ1) is 6.26. The quantitative estimate of drug-likeness (QED) is 0.553. The van der Waals surface area contributed by atoms with E-state index in [1.807, 2.05) is 0 Å². The minimum atomic E-state index is -0.338. The van der Waals surface area contributed by atoms with Crippen LogP contribution in [0.15, 0.2) is 0 Å². The first-order valence-corrected chi connectivity index (χ1v) is 2.92. The fourth-order valence-corrected chi connectivity index (χ4v) is 0.959. The van der Waals surface area contributed by atoms with E-state index in [-0.39, 0.29) is 23.5 Å². The average Bonchev–Trinajstić information content (AvgIpc) is 2.39. The largest absolute Gasteiger partial charge is 0.369 e. The first-order valence-electron chi connectivity index (χ1n) is 2.92. The van der Waals surface area contributed by atoms with Gasteiger partial charge in [0.15, 0.2) is 0 Å². The SMILES string of the molecule is CC(=O)[C@@H]1C[C@H]1C(N)=O. The van der Waals surface area contributed by atoms with Crippen molar-refractivity contribution in [2.45, 2.75) is 13.3 Å². The monoisotopic (exact) mass is 127 g/mol. The summed E-state index contributed by atoms with van der Waals surface area (Å²) in [4.78, 5) is 20.9. The lowest BCUT2D eigenvalue weighted by atomic mass is 10.2. The zero-order chi connectivity index (χ0) is 7.02. The molecular formula is C6H9NO2. The Morgan fingerprint density at radius 1 is 1.44 bits per heavy atom. The number of carbonyl (C=O) groups is 2. The Bertz CT molecular complexity index is 146. The zero-order valence-electron chi connectivity index (χ0n) is 5.26. The van der Waals surface area contributed by atoms with Gasteiger partial charge in [0.1, 0.15) is 5.78 Å². The van der Waals surface area contributed by atoms with E-state index >= 15 is 0 Å². The van der Waals surface area contributed by atoms with Crippen molar-refractivity contribution in [2.24, 2.45) is 17.6 Å². The second-order valence-corrected chi connectivity index (χ2v) is 2.46. The normalized spacial score (nSPS) is 31.7. The third kappa shape index (κ3) is 1.09. The van der Waals surface area contributed by atoms with E-state index in [2.05, 4.69) is 0 Å². The summed E-state index contributed by atoms with van der Waals surface area (Å²) in [5, 5.41) is 0. The van der Waals surface area contributed by atoms with Crippen molar-refractivity contribution >= 4 is 11.7 Å². The Hall–Kier alpha value is -0.860. The van der Waals surface area contributed by atoms with Crippen LogP contribution in [-0.2, 0) is 9.59 Å². The predicted octanol–water partition coefficient (Wildman–Crippen LogP) is -0.303. The van der Waals surface area contributed by atoms with Gasteiger partial charge in [0.2, 0.25) is 5.91 Å². The van der Waals surface area contributed by atoms with Crippen molar-refractivity contribution in [3.05, 3.63) is 0 Å². The number of carbonyl (C=O) groups excluding carboxylic acids is 2. The molecule has 0 aliphatic heterocycles. The van der Waals surface area contributed by atoms with Gasteiger partial charge in [-0.25, -0.2) is 0 Å². The summed E-state index contributed by atoms with van der Waals surface area (Å²) < 4.78 is 0. The van der Waals surface area contributed by atoms with E-state index in [9.17, 15) is 9.59 Å². The summed E-state index contributed by atoms with van der Waals surface area (Å²) in [5.74, 6) is -0.459. The zero-order valence-corrected chi connectivity index (χ0v) is 5.26. The molecule has 1 aliphatic carbocycles. The lowest BCUT2D eigenvalue weighted by Gasteiger charge is -1.86. The van der Waals surface area contributed by atoms with Crippen LogP contribution in [0.4, 0.5) is 0 Å². The number of hydrogen-bond acceptors (Lipinski definition) is 2. The molecule has 2 N–H and O–H groups in total. The highest BCUT2D eigenvalue weighted by atomic mass is 16.1. The maximum atomic E-state index is 10.5. The fourth-order valence-electron chi connectivity index (χ4n) is 0.959. The molecule has 1 fully saturated rings. The van der Waals surface area contributed by atoms with Crippen LogP contribution >= 0.6 is 0 Å². The van der Waals surface area contributed by atoms with E-state index < -0.39 is 0 Å². The maximum Gasteiger partial charge on any atom is 0.221 e. The van der Waals surface area contributed by atoms with Crippen molar-refractivity contribution in [3.8, 4) is 0 Å². The molecule has 1 saturated carbocycles. The summed E-state index contributed by atoms with van der Waals surface area (Å²) in [6.07, 6.45) is 0.671. The van der Waals surface area contributed by atoms with Gasteiger partial charge in [-0.05, 0) is 13.3 Å². The van der Waals surface area contributed by atoms with Crippen molar-refractivity contribution in [1.82, 2.24) is 0 Å². The Morgan fingerprint density at radius 2 is 2.00 bits per heavy atom. The molecule has 9 heavy (non-hydrogen) atoms. The Labute approximate surface area is 53.2 Å². The van der Waals surface area contributed by atoms with Gasteiger partial charge in [0.05, 0.1) is 0 Å². The van der Waals surface area contributed by atoms with Crippen LogP contribution in [0.25, 0.3) is 0 Å². The van der Waals surface area contributed by atoms with Crippen LogP contribution in [0.2, 0.25) is 0 Å². The Balaban J connectivity index is 2.42. The van der Waals surface area contributed by atoms with Crippen LogP contribution in [0.1, 0.15) is 13.3 Å². The molecule has 50 valence electrons. The molecule has 0 heterocycles. The number of rotatable bonds is 2. The predicted molar refractivity (Wildman–Crippen MR) is 31.5 cm³/mol. The minimum absolute atomic E-state index is 0.0532. The van der Waals surface area contributed by atoms with Crippen LogP contribution < -0.4 is 5.73 Å². The third-order valence-corrected chi connectivity index (χ3v) is 1.68. The van der Waals surface area contributed by atoms with Gasteiger partial charge in [-0.3, -0.25) is 9.59 Å². The lowest BCUT2D eigenvalue weighted by molar-refractivity contribution is -0.123. The Morgan fingerprint density at radius 3 is 2.11 bits per heavy atom. The minimum Gasteiger partial charge on any atom is -0.369 e. The smallest absolute Gasteiger partial charge is 0.221 e. The molecule has 0 aromatic rings. The Kier molecular flexibility index (Phi) is 1.27. The molecule has 0 spiro atoms. The highest BCUT2D eigenvalue weighted by Crippen LogP contribution is 2.38. The van der Waals surface area contributed by atoms with E-state index in [0.717, 1.165) is 0 Å². The topological polar surface area (TPSA) is 60.2 Å². The molecule has 0 unspecified atom stereocenters. The maximum absolute atomic E-state index is 10.5. The van der Waals surface area contributed by atoms with Crippen molar-refractivity contribution in [1.29, 1.82) is 0 Å². The van der Waals surface area contributed by atoms with Gasteiger partial charge < -0.3 is 5.73 Å². The standard InChI is InChI=1S/C6H9NO2/c1-3(8)4-2-5(4)6(7)9/h4-5H,2H2,1H3,(H2,7,9)/t4-,5+/m0/s1. The number of hydrogen-bond donors (Lipinski definition) is 1. The molecule has 1 aliphatic rings. The molecule has 0 bridgehead atoms. The summed E-state index contributed by atoms with van der Waals surface area (Å²) in [7, 11) is 0. The molecule has 0 aromatic heterocycles. The molecule has 1 rings (SSSR count). The van der Waals surface area contributed by atoms with E-state index in [0.29, 0.717) is 6.42 Å². The van der Waals surface area contributed by atoms with Gasteiger partial charge in [-0.2, -0.15) is 0 Å². The molecule has 3 nitrogen and oxygen atoms in total. The third-order valence-electron chi connectivity index (χ3n) is 1.68. The summed E-state index contributed by atoms with van der Waals surface area (Å²) >= 11 is 0. The molecular weight excluding hydrogens is 118 g/mol. The van der Waals surface area contributed by atoms with E-state index in [1.54, 1.807) is 0 Å². The number of nitrogens with two attached hydrogens (primary N) is 1. The molecule has 0 saturated heterocycles. The van der Waals surface area contributed by atoms with Gasteiger partial charge in [-0.1, -0.05) is 0 Å². The summed E-state index contributed by atoms with van der Waals surface area (Å²) in [6.45, 7) is 1.49. The van der Waals surface area contributed by atoms with Crippen LogP contribution in [0.5, 0.6) is 0 Å². The van der Waals surface area contributed by atoms with Crippen LogP contribution in [0.3, 0.4) is 0 Å². The second-order valence-electron chi connectivity index (χ2n) is 2.46. The highest BCUT2D eigenvalue weighted by molar-refractivity contribution is 5.91. The summed E-state index contributed by atoms with van der Waals surface area (Å²) in [6, 6.07) is 0. The lowest BCUT2D eigenvalue weighted by Crippen LogP contribution is -2.15.